The van der Waals surface area contributed by atoms with Gasteiger partial charge in [0.05, 0.1) is 0 Å². The molecule has 0 aromatic heterocycles. The lowest BCUT2D eigenvalue weighted by Crippen LogP contribution is -2.09. The average molecular weight is 206 g/mol. The van der Waals surface area contributed by atoms with E-state index in [1.165, 1.54) is 0 Å². The Morgan fingerprint density at radius 1 is 0.923 bits per heavy atom. The Morgan fingerprint density at radius 2 is 1.31 bits per heavy atom. The summed E-state index contributed by atoms with van der Waals surface area (Å²) in [4.78, 5) is 0. The summed E-state index contributed by atoms with van der Waals surface area (Å²) in [5.41, 5.74) is 0. The smallest absolute Gasteiger partial charge is 0.0472 e. The highest BCUT2D eigenvalue weighted by Gasteiger charge is 2.08. The number of ether oxygens (including phenoxy) is 2. The highest BCUT2D eigenvalue weighted by atomic mass is 32.2. The number of thioether (sulfide) groups is 1. The summed E-state index contributed by atoms with van der Waals surface area (Å²) < 4.78 is 10.1. The lowest BCUT2D eigenvalue weighted by atomic mass is 10.3. The maximum Gasteiger partial charge on any atom is 0.0472 e. The van der Waals surface area contributed by atoms with Crippen molar-refractivity contribution in [3.05, 3.63) is 0 Å². The molecule has 0 N–H and O–H groups in total. The van der Waals surface area contributed by atoms with Crippen molar-refractivity contribution >= 4 is 11.8 Å². The van der Waals surface area contributed by atoms with Gasteiger partial charge >= 0.3 is 0 Å². The average Bonchev–Trinajstić information content (AvgIpc) is 2.11. The second-order valence-electron chi connectivity index (χ2n) is 3.32. The van der Waals surface area contributed by atoms with Crippen LogP contribution in [0.4, 0.5) is 0 Å². The molecule has 2 nitrogen and oxygen atoms in total. The van der Waals surface area contributed by atoms with Gasteiger partial charge in [-0.25, -0.2) is 0 Å². The monoisotopic (exact) mass is 206 g/mol. The molecule has 0 spiro atoms. The fourth-order valence-electron chi connectivity index (χ4n) is 1.10. The molecular formula is C10H22O2S. The number of methoxy groups -OCH3 is 2. The lowest BCUT2D eigenvalue weighted by molar-refractivity contribution is 0.193. The van der Waals surface area contributed by atoms with Gasteiger partial charge in [0.15, 0.2) is 0 Å². The summed E-state index contributed by atoms with van der Waals surface area (Å²) in [5.74, 6) is 0. The van der Waals surface area contributed by atoms with Gasteiger partial charge in [-0.3, -0.25) is 0 Å². The van der Waals surface area contributed by atoms with E-state index in [1.54, 1.807) is 14.2 Å². The Labute approximate surface area is 86.4 Å². The van der Waals surface area contributed by atoms with Gasteiger partial charge in [-0.05, 0) is 12.8 Å². The summed E-state index contributed by atoms with van der Waals surface area (Å²) in [6.45, 7) is 6.25. The summed E-state index contributed by atoms with van der Waals surface area (Å²) in [7, 11) is 3.51. The van der Waals surface area contributed by atoms with E-state index in [2.05, 4.69) is 13.8 Å². The molecule has 2 unspecified atom stereocenters. The van der Waals surface area contributed by atoms with Crippen LogP contribution in [0.1, 0.15) is 26.7 Å². The molecule has 0 aliphatic heterocycles. The van der Waals surface area contributed by atoms with Crippen LogP contribution in [0.3, 0.4) is 0 Å². The maximum absolute atomic E-state index is 5.04. The first kappa shape index (κ1) is 13.3. The van der Waals surface area contributed by atoms with Crippen LogP contribution >= 0.6 is 11.8 Å². The molecule has 0 saturated heterocycles. The van der Waals surface area contributed by atoms with Crippen LogP contribution in [0.2, 0.25) is 0 Å². The zero-order chi connectivity index (χ0) is 10.1. The third-order valence-corrected chi connectivity index (χ3v) is 3.32. The molecule has 0 radical (unpaired) electrons. The predicted molar refractivity (Wildman–Crippen MR) is 59.5 cm³/mol. The van der Waals surface area contributed by atoms with E-state index in [-0.39, 0.29) is 0 Å². The molecule has 0 amide bonds. The van der Waals surface area contributed by atoms with Gasteiger partial charge in [-0.1, -0.05) is 13.8 Å². The van der Waals surface area contributed by atoms with E-state index >= 15 is 0 Å². The third-order valence-electron chi connectivity index (χ3n) is 1.92. The first-order valence-electron chi connectivity index (χ1n) is 4.84. The van der Waals surface area contributed by atoms with Crippen LogP contribution in [0, 0.1) is 0 Å². The zero-order valence-electron chi connectivity index (χ0n) is 9.21. The second kappa shape index (κ2) is 8.85. The van der Waals surface area contributed by atoms with Crippen molar-refractivity contribution in [3.63, 3.8) is 0 Å². The quantitative estimate of drug-likeness (QED) is 0.608. The highest BCUT2D eigenvalue weighted by molar-refractivity contribution is 8.00. The standard InChI is InChI=1S/C10H22O2S/c1-9(5-7-11-3)13-10(2)6-8-12-4/h9-10H,5-8H2,1-4H3. The summed E-state index contributed by atoms with van der Waals surface area (Å²) in [6.07, 6.45) is 2.27. The minimum atomic E-state index is 0.687. The minimum Gasteiger partial charge on any atom is -0.385 e. The van der Waals surface area contributed by atoms with E-state index in [4.69, 9.17) is 9.47 Å². The molecule has 0 saturated carbocycles. The molecule has 0 bridgehead atoms. The molecule has 0 heterocycles. The van der Waals surface area contributed by atoms with Crippen LogP contribution in [-0.2, 0) is 9.47 Å². The van der Waals surface area contributed by atoms with Crippen LogP contribution in [-0.4, -0.2) is 37.9 Å². The molecule has 80 valence electrons. The van der Waals surface area contributed by atoms with E-state index in [0.717, 1.165) is 26.1 Å². The van der Waals surface area contributed by atoms with Crippen molar-refractivity contribution in [1.29, 1.82) is 0 Å². The molecule has 0 aromatic carbocycles. The molecule has 0 aromatic rings. The summed E-state index contributed by atoms with van der Waals surface area (Å²) in [5, 5.41) is 1.37. The van der Waals surface area contributed by atoms with Gasteiger partial charge < -0.3 is 9.47 Å². The van der Waals surface area contributed by atoms with E-state index in [1.807, 2.05) is 11.8 Å². The zero-order valence-corrected chi connectivity index (χ0v) is 10.0. The van der Waals surface area contributed by atoms with Gasteiger partial charge in [-0.2, -0.15) is 11.8 Å². The van der Waals surface area contributed by atoms with Crippen molar-refractivity contribution in [1.82, 2.24) is 0 Å². The molecule has 13 heavy (non-hydrogen) atoms. The number of hydrogen-bond donors (Lipinski definition) is 0. The summed E-state index contributed by atoms with van der Waals surface area (Å²) in [6, 6.07) is 0. The Kier molecular flexibility index (Phi) is 9.03. The van der Waals surface area contributed by atoms with Gasteiger partial charge in [0.25, 0.3) is 0 Å². The first-order valence-corrected chi connectivity index (χ1v) is 5.78. The van der Waals surface area contributed by atoms with Crippen molar-refractivity contribution in [3.8, 4) is 0 Å². The number of hydrogen-bond acceptors (Lipinski definition) is 3. The Bertz CT molecular complexity index is 97.1. The van der Waals surface area contributed by atoms with Crippen LogP contribution < -0.4 is 0 Å². The third kappa shape index (κ3) is 8.60. The fraction of sp³-hybridized carbons (Fsp3) is 1.00. The number of rotatable bonds is 8. The topological polar surface area (TPSA) is 18.5 Å². The van der Waals surface area contributed by atoms with Gasteiger partial charge in [-0.15, -0.1) is 0 Å². The van der Waals surface area contributed by atoms with Gasteiger partial charge in [0.2, 0.25) is 0 Å². The Morgan fingerprint density at radius 3 is 1.62 bits per heavy atom. The second-order valence-corrected chi connectivity index (χ2v) is 5.20. The van der Waals surface area contributed by atoms with Crippen molar-refractivity contribution in [2.75, 3.05) is 27.4 Å². The highest BCUT2D eigenvalue weighted by Crippen LogP contribution is 2.22. The lowest BCUT2D eigenvalue weighted by Gasteiger charge is -2.16. The Balaban J connectivity index is 3.35. The molecule has 0 rings (SSSR count). The van der Waals surface area contributed by atoms with Crippen LogP contribution in [0.15, 0.2) is 0 Å². The van der Waals surface area contributed by atoms with Crippen LogP contribution in [0.25, 0.3) is 0 Å². The van der Waals surface area contributed by atoms with Crippen molar-refractivity contribution < 1.29 is 9.47 Å². The minimum absolute atomic E-state index is 0.687. The Hall–Kier alpha value is 0.270. The summed E-state index contributed by atoms with van der Waals surface area (Å²) >= 11 is 2.02. The van der Waals surface area contributed by atoms with Gasteiger partial charge in [0.1, 0.15) is 0 Å². The molecule has 2 atom stereocenters. The molecular weight excluding hydrogens is 184 g/mol. The van der Waals surface area contributed by atoms with E-state index in [9.17, 15) is 0 Å². The molecule has 0 aliphatic carbocycles. The van der Waals surface area contributed by atoms with Crippen molar-refractivity contribution in [2.45, 2.75) is 37.2 Å². The maximum atomic E-state index is 5.04. The largest absolute Gasteiger partial charge is 0.385 e. The first-order chi connectivity index (χ1) is 6.20. The van der Waals surface area contributed by atoms with E-state index < -0.39 is 0 Å². The molecule has 0 fully saturated rings. The fourth-order valence-corrected chi connectivity index (χ4v) is 2.36. The molecule has 3 heteroatoms. The van der Waals surface area contributed by atoms with E-state index in [0.29, 0.717) is 10.5 Å². The predicted octanol–water partition coefficient (Wildman–Crippen LogP) is 2.57. The normalized spacial score (nSPS) is 15.7. The SMILES string of the molecule is COCCC(C)SC(C)CCOC. The van der Waals surface area contributed by atoms with Crippen molar-refractivity contribution in [2.24, 2.45) is 0 Å². The molecule has 0 aliphatic rings. The van der Waals surface area contributed by atoms with Gasteiger partial charge in [0, 0.05) is 37.9 Å². The van der Waals surface area contributed by atoms with Crippen LogP contribution in [0.5, 0.6) is 0 Å².